The summed E-state index contributed by atoms with van der Waals surface area (Å²) in [5, 5.41) is 4.33. The average molecular weight is 522 g/mol. The molecule has 178 valence electrons. The lowest BCUT2D eigenvalue weighted by atomic mass is 10.1. The summed E-state index contributed by atoms with van der Waals surface area (Å²) >= 11 is 8.12. The van der Waals surface area contributed by atoms with E-state index in [4.69, 9.17) is 16.4 Å². The van der Waals surface area contributed by atoms with E-state index in [1.165, 1.54) is 22.7 Å². The maximum absolute atomic E-state index is 10.5. The van der Waals surface area contributed by atoms with Crippen LogP contribution in [-0.4, -0.2) is 30.8 Å². The molecular formula is C25H32NO3PS3. The van der Waals surface area contributed by atoms with E-state index < -0.39 is 15.4 Å². The van der Waals surface area contributed by atoms with Gasteiger partial charge in [0.25, 0.3) is 10.1 Å². The number of hydrogen-bond acceptors (Lipinski definition) is 5. The van der Waals surface area contributed by atoms with Crippen molar-refractivity contribution in [3.63, 3.8) is 0 Å². The highest BCUT2D eigenvalue weighted by molar-refractivity contribution is 8.75. The number of benzene rings is 3. The summed E-state index contributed by atoms with van der Waals surface area (Å²) in [6.07, 6.45) is 0. The molecule has 0 unspecified atom stereocenters. The number of aryl methyl sites for hydroxylation is 1. The molecule has 0 saturated carbocycles. The van der Waals surface area contributed by atoms with Crippen LogP contribution in [0.4, 0.5) is 0 Å². The van der Waals surface area contributed by atoms with Gasteiger partial charge in [0.05, 0.1) is 10.1 Å². The maximum atomic E-state index is 10.5. The van der Waals surface area contributed by atoms with E-state index in [1.54, 1.807) is 12.1 Å². The Labute approximate surface area is 207 Å². The summed E-state index contributed by atoms with van der Waals surface area (Å²) < 4.78 is 29.6. The zero-order valence-electron chi connectivity index (χ0n) is 19.4. The van der Waals surface area contributed by atoms with Crippen LogP contribution < -0.4 is 15.9 Å². The molecule has 3 aromatic rings. The second-order valence-electron chi connectivity index (χ2n) is 8.52. The van der Waals surface area contributed by atoms with Crippen LogP contribution in [0.25, 0.3) is 0 Å². The summed E-state index contributed by atoms with van der Waals surface area (Å²) in [5.41, 5.74) is 1.11. The van der Waals surface area contributed by atoms with E-state index in [1.807, 2.05) is 18.3 Å². The highest BCUT2D eigenvalue weighted by Crippen LogP contribution is 2.56. The fourth-order valence-corrected chi connectivity index (χ4v) is 9.58. The Morgan fingerprint density at radius 1 is 0.879 bits per heavy atom. The van der Waals surface area contributed by atoms with Crippen LogP contribution in [-0.2, 0) is 21.9 Å². The molecule has 0 spiro atoms. The summed E-state index contributed by atoms with van der Waals surface area (Å²) in [7, 11) is -4.02. The number of hydrogen-bond donors (Lipinski definition) is 2. The van der Waals surface area contributed by atoms with Gasteiger partial charge in [-0.3, -0.25) is 4.55 Å². The van der Waals surface area contributed by atoms with Crippen molar-refractivity contribution in [2.45, 2.75) is 38.1 Å². The molecule has 0 fully saturated rings. The van der Waals surface area contributed by atoms with E-state index in [0.29, 0.717) is 0 Å². The van der Waals surface area contributed by atoms with Gasteiger partial charge in [0.15, 0.2) is 0 Å². The van der Waals surface area contributed by atoms with E-state index in [9.17, 15) is 8.42 Å². The zero-order valence-corrected chi connectivity index (χ0v) is 22.8. The first-order valence-electron chi connectivity index (χ1n) is 10.6. The van der Waals surface area contributed by atoms with E-state index in [2.05, 4.69) is 86.8 Å². The minimum Gasteiger partial charge on any atom is -0.311 e. The highest BCUT2D eigenvalue weighted by Gasteiger charge is 2.22. The smallest absolute Gasteiger partial charge is 0.294 e. The van der Waals surface area contributed by atoms with Crippen LogP contribution in [0.3, 0.4) is 0 Å². The minimum absolute atomic E-state index is 0.0666. The lowest BCUT2D eigenvalue weighted by Crippen LogP contribution is -2.37. The van der Waals surface area contributed by atoms with E-state index >= 15 is 0 Å². The van der Waals surface area contributed by atoms with Crippen LogP contribution in [0, 0.1) is 6.92 Å². The molecule has 0 aliphatic carbocycles. The summed E-state index contributed by atoms with van der Waals surface area (Å²) in [6, 6.07) is 27.2. The molecule has 0 atom stereocenters. The fraction of sp³-hybridized carbons (Fsp3) is 0.280. The van der Waals surface area contributed by atoms with E-state index in [0.717, 1.165) is 17.9 Å². The number of nitrogens with one attached hydrogen (secondary N) is 1. The normalized spacial score (nSPS) is 12.0. The van der Waals surface area contributed by atoms with Gasteiger partial charge >= 0.3 is 0 Å². The van der Waals surface area contributed by atoms with Gasteiger partial charge in [0, 0.05) is 17.8 Å². The Balaban J connectivity index is 0.000000294. The second-order valence-corrected chi connectivity index (χ2v) is 17.5. The molecule has 0 aromatic heterocycles. The molecule has 2 N–H and O–H groups in total. The predicted molar refractivity (Wildman–Crippen MR) is 148 cm³/mol. The zero-order chi connectivity index (χ0) is 24.5. The molecule has 0 aliphatic heterocycles. The third-order valence-electron chi connectivity index (χ3n) is 4.54. The molecule has 3 rings (SSSR count). The summed E-state index contributed by atoms with van der Waals surface area (Å²) in [4.78, 5) is -0.0666. The molecule has 4 nitrogen and oxygen atoms in total. The lowest BCUT2D eigenvalue weighted by molar-refractivity contribution is 0.441. The molecule has 3 aromatic carbocycles. The predicted octanol–water partition coefficient (Wildman–Crippen LogP) is 5.39. The van der Waals surface area contributed by atoms with Gasteiger partial charge in [0.1, 0.15) is 0 Å². The first kappa shape index (κ1) is 27.8. The van der Waals surface area contributed by atoms with Gasteiger partial charge in [-0.05, 0) is 50.4 Å². The SMILES string of the molecule is CC(C)(C)NCCSP(=S)(c1ccccc1)c1ccccc1.Cc1ccc(S(=O)(=O)O)cc1. The van der Waals surface area contributed by atoms with Gasteiger partial charge in [-0.2, -0.15) is 8.42 Å². The van der Waals surface area contributed by atoms with Crippen molar-refractivity contribution in [3.8, 4) is 0 Å². The van der Waals surface area contributed by atoms with Crippen LogP contribution in [0.2, 0.25) is 0 Å². The van der Waals surface area contributed by atoms with Crippen LogP contribution >= 0.6 is 16.6 Å². The van der Waals surface area contributed by atoms with Crippen molar-refractivity contribution in [2.75, 3.05) is 12.3 Å². The highest BCUT2D eigenvalue weighted by atomic mass is 32.9. The third kappa shape index (κ3) is 9.36. The molecule has 0 amide bonds. The fourth-order valence-electron chi connectivity index (χ4n) is 2.86. The Bertz CT molecular complexity index is 1100. The molecule has 33 heavy (non-hydrogen) atoms. The van der Waals surface area contributed by atoms with Crippen molar-refractivity contribution >= 4 is 49.2 Å². The van der Waals surface area contributed by atoms with Crippen LogP contribution in [0.15, 0.2) is 89.8 Å². The van der Waals surface area contributed by atoms with Gasteiger partial charge in [-0.15, -0.1) is 11.4 Å². The largest absolute Gasteiger partial charge is 0.311 e. The molecule has 0 radical (unpaired) electrons. The van der Waals surface area contributed by atoms with Gasteiger partial charge in [0.2, 0.25) is 0 Å². The van der Waals surface area contributed by atoms with Crippen molar-refractivity contribution in [3.05, 3.63) is 90.5 Å². The molecule has 0 aliphatic rings. The van der Waals surface area contributed by atoms with Crippen molar-refractivity contribution in [1.82, 2.24) is 5.32 Å². The minimum atomic E-state index is -4.02. The number of rotatable bonds is 7. The molecule has 0 bridgehead atoms. The Kier molecular flexibility index (Phi) is 10.3. The first-order chi connectivity index (χ1) is 15.4. The Hall–Kier alpha value is -1.47. The van der Waals surface area contributed by atoms with Crippen molar-refractivity contribution in [2.24, 2.45) is 0 Å². The first-order valence-corrected chi connectivity index (χ1v) is 16.4. The summed E-state index contributed by atoms with van der Waals surface area (Å²) in [6.45, 7) is 9.41. The molecule has 0 saturated heterocycles. The van der Waals surface area contributed by atoms with Crippen molar-refractivity contribution in [1.29, 1.82) is 0 Å². The topological polar surface area (TPSA) is 66.4 Å². The Morgan fingerprint density at radius 3 is 1.73 bits per heavy atom. The van der Waals surface area contributed by atoms with Gasteiger partial charge in [-0.25, -0.2) is 0 Å². The molecule has 8 heteroatoms. The van der Waals surface area contributed by atoms with Crippen LogP contribution in [0.1, 0.15) is 26.3 Å². The lowest BCUT2D eigenvalue weighted by Gasteiger charge is -2.25. The Morgan fingerprint density at radius 2 is 1.33 bits per heavy atom. The second kappa shape index (κ2) is 12.3. The maximum Gasteiger partial charge on any atom is 0.294 e. The van der Waals surface area contributed by atoms with Crippen LogP contribution in [0.5, 0.6) is 0 Å². The monoisotopic (exact) mass is 521 g/mol. The van der Waals surface area contributed by atoms with Gasteiger partial charge in [-0.1, -0.05) is 90.2 Å². The third-order valence-corrected chi connectivity index (χ3v) is 13.2. The van der Waals surface area contributed by atoms with E-state index in [-0.39, 0.29) is 10.4 Å². The molecular weight excluding hydrogens is 489 g/mol. The van der Waals surface area contributed by atoms with Gasteiger partial charge < -0.3 is 5.32 Å². The standard InChI is InChI=1S/C18H24NPS2.C7H8O3S/c1-18(2,3)19-14-15-22-20(21,16-10-6-4-7-11-16)17-12-8-5-9-13-17;1-6-2-4-7(5-3-6)11(8,9)10/h4-13,19H,14-15H2,1-3H3;2-5H,1H3,(H,8,9,10). The average Bonchev–Trinajstić information content (AvgIpc) is 2.77. The quantitative estimate of drug-likeness (QED) is 0.247. The summed E-state index contributed by atoms with van der Waals surface area (Å²) in [5.74, 6) is 1.03. The van der Waals surface area contributed by atoms with Crippen molar-refractivity contribution < 1.29 is 13.0 Å². The molecule has 0 heterocycles.